The maximum Gasteiger partial charge on any atom is 0.265 e. The molecule has 2 amide bonds. The van der Waals surface area contributed by atoms with E-state index in [4.69, 9.17) is 4.74 Å². The van der Waals surface area contributed by atoms with Gasteiger partial charge in [0.2, 0.25) is 0 Å². The number of ether oxygens (including phenoxy) is 1. The third-order valence-electron chi connectivity index (χ3n) is 3.63. The molecule has 2 aromatic rings. The van der Waals surface area contributed by atoms with Gasteiger partial charge in [0, 0.05) is 4.88 Å². The normalized spacial score (nSPS) is 16.3. The number of hydrogen-bond acceptors (Lipinski definition) is 5. The van der Waals surface area contributed by atoms with E-state index in [2.05, 4.69) is 15.6 Å². The van der Waals surface area contributed by atoms with Crippen LogP contribution in [0.25, 0.3) is 0 Å². The lowest BCUT2D eigenvalue weighted by Gasteiger charge is -2.24. The van der Waals surface area contributed by atoms with Gasteiger partial charge in [0.15, 0.2) is 17.0 Å². The van der Waals surface area contributed by atoms with Gasteiger partial charge in [0.1, 0.15) is 0 Å². The van der Waals surface area contributed by atoms with Gasteiger partial charge in [-0.1, -0.05) is 13.0 Å². The molecule has 23 heavy (non-hydrogen) atoms. The van der Waals surface area contributed by atoms with Gasteiger partial charge in [-0.05, 0) is 32.4 Å². The summed E-state index contributed by atoms with van der Waals surface area (Å²) in [5.41, 5.74) is 1.86. The molecule has 1 aliphatic heterocycles. The number of benzene rings is 1. The summed E-state index contributed by atoms with van der Waals surface area (Å²) in [6, 6.07) is 5.08. The summed E-state index contributed by atoms with van der Waals surface area (Å²) in [7, 11) is 0. The van der Waals surface area contributed by atoms with Crippen LogP contribution >= 0.6 is 11.3 Å². The Morgan fingerprint density at radius 1 is 1.48 bits per heavy atom. The van der Waals surface area contributed by atoms with Crippen LogP contribution in [0.5, 0.6) is 5.75 Å². The van der Waals surface area contributed by atoms with Gasteiger partial charge in [0.05, 0.1) is 16.9 Å². The second-order valence-corrected chi connectivity index (χ2v) is 6.46. The van der Waals surface area contributed by atoms with Crippen molar-refractivity contribution < 1.29 is 14.3 Å². The fourth-order valence-electron chi connectivity index (χ4n) is 2.38. The number of carbonyl (C=O) groups is 2. The van der Waals surface area contributed by atoms with Gasteiger partial charge in [0.25, 0.3) is 11.8 Å². The molecule has 2 heterocycles. The van der Waals surface area contributed by atoms with Crippen LogP contribution in [-0.2, 0) is 11.2 Å². The van der Waals surface area contributed by atoms with Crippen LogP contribution in [0, 0.1) is 6.92 Å². The van der Waals surface area contributed by atoms with E-state index in [0.717, 1.165) is 17.0 Å². The van der Waals surface area contributed by atoms with Crippen LogP contribution in [0.1, 0.15) is 34.8 Å². The van der Waals surface area contributed by atoms with Crippen LogP contribution in [0.4, 0.5) is 10.8 Å². The molecular weight excluding hydrogens is 314 g/mol. The minimum absolute atomic E-state index is 0.224. The van der Waals surface area contributed by atoms with Crippen molar-refractivity contribution in [3.05, 3.63) is 34.3 Å². The van der Waals surface area contributed by atoms with E-state index < -0.39 is 6.10 Å². The Morgan fingerprint density at radius 2 is 2.26 bits per heavy atom. The molecule has 1 atom stereocenters. The van der Waals surface area contributed by atoms with Crippen molar-refractivity contribution >= 4 is 34.0 Å². The number of anilines is 2. The van der Waals surface area contributed by atoms with Crippen molar-refractivity contribution in [1.29, 1.82) is 0 Å². The summed E-state index contributed by atoms with van der Waals surface area (Å²) < 4.78 is 5.59. The maximum absolute atomic E-state index is 12.5. The lowest BCUT2D eigenvalue weighted by molar-refractivity contribution is -0.122. The highest BCUT2D eigenvalue weighted by atomic mass is 32.1. The molecule has 7 heteroatoms. The second kappa shape index (κ2) is 6.00. The van der Waals surface area contributed by atoms with E-state index in [9.17, 15) is 9.59 Å². The third kappa shape index (κ3) is 2.92. The number of nitrogens with zero attached hydrogens (tertiary/aromatic N) is 1. The molecule has 1 aromatic heterocycles. The molecule has 0 unspecified atom stereocenters. The average molecular weight is 331 g/mol. The number of fused-ring (bicyclic) bond motifs is 1. The fourth-order valence-corrected chi connectivity index (χ4v) is 3.28. The summed E-state index contributed by atoms with van der Waals surface area (Å²) in [6.45, 7) is 5.65. The van der Waals surface area contributed by atoms with Crippen molar-refractivity contribution in [1.82, 2.24) is 4.98 Å². The van der Waals surface area contributed by atoms with Gasteiger partial charge in [-0.3, -0.25) is 14.9 Å². The zero-order valence-electron chi connectivity index (χ0n) is 13.1. The van der Waals surface area contributed by atoms with Gasteiger partial charge in [-0.2, -0.15) is 0 Å². The van der Waals surface area contributed by atoms with Gasteiger partial charge in [-0.25, -0.2) is 4.98 Å². The van der Waals surface area contributed by atoms with Crippen LogP contribution in [0.15, 0.2) is 18.2 Å². The standard InChI is InChI=1S/C16H17N3O3S/c1-4-11-9(3)23-16(18-11)19-15(21)10-6-5-7-12-13(10)22-8(2)14(20)17-12/h5-8H,4H2,1-3H3,(H,17,20)(H,18,19,21)/t8-/m0/s1. The van der Waals surface area contributed by atoms with Crippen LogP contribution in [-0.4, -0.2) is 22.9 Å². The third-order valence-corrected chi connectivity index (χ3v) is 4.56. The number of thiazole rings is 1. The number of amides is 2. The molecule has 0 aliphatic carbocycles. The Balaban J connectivity index is 1.88. The van der Waals surface area contributed by atoms with Crippen molar-refractivity contribution in [2.45, 2.75) is 33.3 Å². The zero-order valence-corrected chi connectivity index (χ0v) is 13.9. The summed E-state index contributed by atoms with van der Waals surface area (Å²) >= 11 is 1.45. The number of rotatable bonds is 3. The molecule has 0 bridgehead atoms. The van der Waals surface area contributed by atoms with Crippen LogP contribution < -0.4 is 15.4 Å². The van der Waals surface area contributed by atoms with E-state index in [1.807, 2.05) is 13.8 Å². The molecular formula is C16H17N3O3S. The Labute approximate surface area is 137 Å². The first-order valence-electron chi connectivity index (χ1n) is 7.37. The minimum Gasteiger partial charge on any atom is -0.478 e. The molecule has 2 N–H and O–H groups in total. The summed E-state index contributed by atoms with van der Waals surface area (Å²) in [5.74, 6) is -0.138. The van der Waals surface area contributed by atoms with Crippen molar-refractivity contribution in [3.63, 3.8) is 0 Å². The molecule has 0 saturated heterocycles. The number of aromatic nitrogens is 1. The molecule has 3 rings (SSSR count). The highest BCUT2D eigenvalue weighted by Gasteiger charge is 2.27. The zero-order chi connectivity index (χ0) is 16.6. The average Bonchev–Trinajstić information content (AvgIpc) is 2.87. The predicted octanol–water partition coefficient (Wildman–Crippen LogP) is 2.99. The summed E-state index contributed by atoms with van der Waals surface area (Å²) in [6.07, 6.45) is 0.191. The maximum atomic E-state index is 12.5. The molecule has 0 spiro atoms. The summed E-state index contributed by atoms with van der Waals surface area (Å²) in [4.78, 5) is 29.7. The number of nitrogens with one attached hydrogen (secondary N) is 2. The lowest BCUT2D eigenvalue weighted by Crippen LogP contribution is -2.35. The number of para-hydroxylation sites is 1. The largest absolute Gasteiger partial charge is 0.478 e. The quantitative estimate of drug-likeness (QED) is 0.906. The SMILES string of the molecule is CCc1nc(NC(=O)c2cccc3c2O[C@@H](C)C(=O)N3)sc1C. The Hall–Kier alpha value is -2.41. The van der Waals surface area contributed by atoms with E-state index in [1.54, 1.807) is 25.1 Å². The predicted molar refractivity (Wildman–Crippen MR) is 89.3 cm³/mol. The molecule has 120 valence electrons. The molecule has 6 nitrogen and oxygen atoms in total. The lowest BCUT2D eigenvalue weighted by atomic mass is 10.1. The first-order chi connectivity index (χ1) is 11.0. The second-order valence-electron chi connectivity index (χ2n) is 5.26. The topological polar surface area (TPSA) is 80.3 Å². The Morgan fingerprint density at radius 3 is 2.96 bits per heavy atom. The van der Waals surface area contributed by atoms with E-state index >= 15 is 0 Å². The van der Waals surface area contributed by atoms with E-state index in [0.29, 0.717) is 22.1 Å². The van der Waals surface area contributed by atoms with Crippen LogP contribution in [0.2, 0.25) is 0 Å². The van der Waals surface area contributed by atoms with Crippen molar-refractivity contribution in [3.8, 4) is 5.75 Å². The molecule has 1 aliphatic rings. The Bertz CT molecular complexity index is 785. The van der Waals surface area contributed by atoms with Gasteiger partial charge in [-0.15, -0.1) is 11.3 Å². The van der Waals surface area contributed by atoms with Crippen molar-refractivity contribution in [2.24, 2.45) is 0 Å². The number of aryl methyl sites for hydroxylation is 2. The highest BCUT2D eigenvalue weighted by Crippen LogP contribution is 2.34. The first-order valence-corrected chi connectivity index (χ1v) is 8.19. The van der Waals surface area contributed by atoms with E-state index in [-0.39, 0.29) is 11.8 Å². The van der Waals surface area contributed by atoms with Gasteiger partial charge >= 0.3 is 0 Å². The molecule has 0 radical (unpaired) electrons. The molecule has 1 aromatic carbocycles. The van der Waals surface area contributed by atoms with Crippen LogP contribution in [0.3, 0.4) is 0 Å². The number of hydrogen-bond donors (Lipinski definition) is 2. The molecule has 0 saturated carbocycles. The summed E-state index contributed by atoms with van der Waals surface area (Å²) in [5, 5.41) is 6.10. The first kappa shape index (κ1) is 15.5. The van der Waals surface area contributed by atoms with Gasteiger partial charge < -0.3 is 10.1 Å². The Kier molecular flexibility index (Phi) is 4.04. The number of carbonyl (C=O) groups excluding carboxylic acids is 2. The van der Waals surface area contributed by atoms with E-state index in [1.165, 1.54) is 11.3 Å². The minimum atomic E-state index is -0.634. The smallest absolute Gasteiger partial charge is 0.265 e. The van der Waals surface area contributed by atoms with Crippen molar-refractivity contribution in [2.75, 3.05) is 10.6 Å². The fraction of sp³-hybridized carbons (Fsp3) is 0.312. The molecule has 0 fully saturated rings. The monoisotopic (exact) mass is 331 g/mol. The highest BCUT2D eigenvalue weighted by molar-refractivity contribution is 7.15.